The molecule has 0 bridgehead atoms. The molecule has 146 valence electrons. The van der Waals surface area contributed by atoms with Crippen molar-refractivity contribution >= 4 is 28.0 Å². The van der Waals surface area contributed by atoms with E-state index in [0.717, 1.165) is 58.7 Å². The molecule has 0 aliphatic carbocycles. The molecule has 0 amide bonds. The quantitative estimate of drug-likeness (QED) is 0.470. The molecule has 1 aliphatic rings. The van der Waals surface area contributed by atoms with Gasteiger partial charge < -0.3 is 15.5 Å². The Labute approximate surface area is 172 Å². The first-order valence-electron chi connectivity index (χ1n) is 9.44. The monoisotopic (exact) mass is 404 g/mol. The van der Waals surface area contributed by atoms with Crippen LogP contribution in [0, 0.1) is 0 Å². The summed E-state index contributed by atoms with van der Waals surface area (Å²) in [6.45, 7) is 4.02. The summed E-state index contributed by atoms with van der Waals surface area (Å²) in [5.41, 5.74) is 4.23. The van der Waals surface area contributed by atoms with Gasteiger partial charge in [-0.2, -0.15) is 5.10 Å². The highest BCUT2D eigenvalue weighted by Gasteiger charge is 2.12. The highest BCUT2D eigenvalue weighted by Crippen LogP contribution is 2.32. The normalized spacial score (nSPS) is 14.1. The van der Waals surface area contributed by atoms with Crippen LogP contribution >= 0.6 is 11.3 Å². The van der Waals surface area contributed by atoms with E-state index in [1.807, 2.05) is 31.0 Å². The van der Waals surface area contributed by atoms with Gasteiger partial charge in [-0.3, -0.25) is 10.1 Å². The van der Waals surface area contributed by atoms with Gasteiger partial charge in [0.2, 0.25) is 0 Å². The molecule has 0 radical (unpaired) electrons. The standard InChI is InChI=1S/C20H20N8S/c1-2-23-19(8-17(1)28-5-3-21-4-6-28)27-20-24-13-18(29-20)15-7-14(9-22-10-15)16-11-25-26-12-16/h1-2,7-13,21H,3-6H2,(H,25,26)(H,23,24,27). The van der Waals surface area contributed by atoms with E-state index in [9.17, 15) is 0 Å². The molecule has 1 fully saturated rings. The molecule has 4 aromatic heterocycles. The second-order valence-electron chi connectivity index (χ2n) is 6.74. The number of H-pyrrole nitrogens is 1. The zero-order valence-electron chi connectivity index (χ0n) is 15.7. The molecule has 0 saturated carbocycles. The van der Waals surface area contributed by atoms with Crippen molar-refractivity contribution in [1.29, 1.82) is 0 Å². The summed E-state index contributed by atoms with van der Waals surface area (Å²) in [7, 11) is 0. The predicted molar refractivity (Wildman–Crippen MR) is 116 cm³/mol. The predicted octanol–water partition coefficient (Wildman–Crippen LogP) is 3.14. The van der Waals surface area contributed by atoms with Gasteiger partial charge in [0.05, 0.1) is 11.1 Å². The van der Waals surface area contributed by atoms with Crippen molar-refractivity contribution in [2.24, 2.45) is 0 Å². The van der Waals surface area contributed by atoms with Crippen LogP contribution < -0.4 is 15.5 Å². The third kappa shape index (κ3) is 3.96. The lowest BCUT2D eigenvalue weighted by Gasteiger charge is -2.29. The van der Waals surface area contributed by atoms with E-state index in [1.165, 1.54) is 5.69 Å². The molecule has 4 aromatic rings. The van der Waals surface area contributed by atoms with Gasteiger partial charge in [0.1, 0.15) is 5.82 Å². The molecule has 0 unspecified atom stereocenters. The van der Waals surface area contributed by atoms with Crippen LogP contribution in [0.2, 0.25) is 0 Å². The van der Waals surface area contributed by atoms with Crippen molar-refractivity contribution in [3.05, 3.63) is 55.4 Å². The van der Waals surface area contributed by atoms with E-state index in [2.05, 4.69) is 58.9 Å². The minimum atomic E-state index is 0.798. The van der Waals surface area contributed by atoms with Crippen LogP contribution in [-0.2, 0) is 0 Å². The Morgan fingerprint density at radius 1 is 0.966 bits per heavy atom. The van der Waals surface area contributed by atoms with Gasteiger partial charge in [0.25, 0.3) is 0 Å². The van der Waals surface area contributed by atoms with Gasteiger partial charge in [-0.1, -0.05) is 11.3 Å². The Balaban J connectivity index is 1.34. The average Bonchev–Trinajstić information content (AvgIpc) is 3.47. The van der Waals surface area contributed by atoms with Crippen molar-refractivity contribution in [2.75, 3.05) is 36.4 Å². The number of rotatable bonds is 5. The molecule has 8 nitrogen and oxygen atoms in total. The summed E-state index contributed by atoms with van der Waals surface area (Å²) in [5, 5.41) is 14.4. The third-order valence-electron chi connectivity index (χ3n) is 4.82. The number of thiazole rings is 1. The number of nitrogens with one attached hydrogen (secondary N) is 3. The van der Waals surface area contributed by atoms with Crippen molar-refractivity contribution < 1.29 is 0 Å². The van der Waals surface area contributed by atoms with Crippen LogP contribution in [-0.4, -0.2) is 51.3 Å². The maximum absolute atomic E-state index is 4.52. The van der Waals surface area contributed by atoms with Gasteiger partial charge in [-0.05, 0) is 12.1 Å². The number of nitrogens with zero attached hydrogens (tertiary/aromatic N) is 5. The maximum Gasteiger partial charge on any atom is 0.188 e. The Kier molecular flexibility index (Phi) is 4.89. The number of hydrogen-bond donors (Lipinski definition) is 3. The topological polar surface area (TPSA) is 94.6 Å². The first-order chi connectivity index (χ1) is 14.3. The maximum atomic E-state index is 4.52. The molecule has 0 atom stereocenters. The lowest BCUT2D eigenvalue weighted by atomic mass is 10.1. The molecule has 0 aromatic carbocycles. The summed E-state index contributed by atoms with van der Waals surface area (Å²) in [6, 6.07) is 6.22. The van der Waals surface area contributed by atoms with Crippen molar-refractivity contribution in [3.8, 4) is 21.6 Å². The zero-order chi connectivity index (χ0) is 19.5. The molecule has 1 saturated heterocycles. The SMILES string of the molecule is c1cc(N2CCNCC2)cc(Nc2ncc(-c3cncc(-c4cn[nH]c4)c3)s2)n1. The number of aromatic amines is 1. The lowest BCUT2D eigenvalue weighted by Crippen LogP contribution is -2.43. The number of hydrogen-bond acceptors (Lipinski definition) is 8. The largest absolute Gasteiger partial charge is 0.369 e. The van der Waals surface area contributed by atoms with Gasteiger partial charge in [0.15, 0.2) is 5.13 Å². The van der Waals surface area contributed by atoms with Crippen LogP contribution in [0.25, 0.3) is 21.6 Å². The molecule has 3 N–H and O–H groups in total. The number of pyridine rings is 2. The second kappa shape index (κ2) is 7.98. The van der Waals surface area contributed by atoms with Crippen LogP contribution in [0.5, 0.6) is 0 Å². The zero-order valence-corrected chi connectivity index (χ0v) is 16.5. The number of piperazine rings is 1. The fourth-order valence-electron chi connectivity index (χ4n) is 3.32. The highest BCUT2D eigenvalue weighted by atomic mass is 32.1. The fourth-order valence-corrected chi connectivity index (χ4v) is 4.13. The summed E-state index contributed by atoms with van der Waals surface area (Å²) >= 11 is 1.58. The first kappa shape index (κ1) is 17.8. The van der Waals surface area contributed by atoms with Crippen LogP contribution in [0.4, 0.5) is 16.6 Å². The van der Waals surface area contributed by atoms with Gasteiger partial charge >= 0.3 is 0 Å². The summed E-state index contributed by atoms with van der Waals surface area (Å²) in [5.74, 6) is 0.798. The Morgan fingerprint density at radius 2 is 1.86 bits per heavy atom. The molecule has 1 aliphatic heterocycles. The third-order valence-corrected chi connectivity index (χ3v) is 5.78. The van der Waals surface area contributed by atoms with Gasteiger partial charge in [-0.25, -0.2) is 9.97 Å². The lowest BCUT2D eigenvalue weighted by molar-refractivity contribution is 0.589. The van der Waals surface area contributed by atoms with E-state index in [4.69, 9.17) is 0 Å². The molecule has 5 heterocycles. The van der Waals surface area contributed by atoms with E-state index in [1.54, 1.807) is 17.5 Å². The van der Waals surface area contributed by atoms with E-state index >= 15 is 0 Å². The molecular weight excluding hydrogens is 384 g/mol. The van der Waals surface area contributed by atoms with Crippen molar-refractivity contribution in [2.45, 2.75) is 0 Å². The van der Waals surface area contributed by atoms with E-state index in [-0.39, 0.29) is 0 Å². The van der Waals surface area contributed by atoms with Crippen LogP contribution in [0.15, 0.2) is 55.4 Å². The summed E-state index contributed by atoms with van der Waals surface area (Å²) in [4.78, 5) is 16.7. The molecule has 9 heteroatoms. The molecule has 5 rings (SSSR count). The van der Waals surface area contributed by atoms with Gasteiger partial charge in [0, 0.05) is 85.6 Å². The van der Waals surface area contributed by atoms with Gasteiger partial charge in [-0.15, -0.1) is 0 Å². The Bertz CT molecular complexity index is 1090. The van der Waals surface area contributed by atoms with E-state index < -0.39 is 0 Å². The average molecular weight is 405 g/mol. The molecule has 29 heavy (non-hydrogen) atoms. The minimum absolute atomic E-state index is 0.798. The number of aromatic nitrogens is 5. The minimum Gasteiger partial charge on any atom is -0.369 e. The second-order valence-corrected chi connectivity index (χ2v) is 7.77. The fraction of sp³-hybridized carbons (Fsp3) is 0.200. The van der Waals surface area contributed by atoms with Crippen molar-refractivity contribution in [1.82, 2.24) is 30.5 Å². The smallest absolute Gasteiger partial charge is 0.188 e. The summed E-state index contributed by atoms with van der Waals surface area (Å²) < 4.78 is 0. The van der Waals surface area contributed by atoms with Crippen LogP contribution in [0.3, 0.4) is 0 Å². The molecular formula is C20H20N8S. The Morgan fingerprint density at radius 3 is 2.72 bits per heavy atom. The highest BCUT2D eigenvalue weighted by molar-refractivity contribution is 7.18. The first-order valence-corrected chi connectivity index (χ1v) is 10.3. The Hall–Kier alpha value is -3.30. The van der Waals surface area contributed by atoms with E-state index in [0.29, 0.717) is 0 Å². The number of anilines is 3. The van der Waals surface area contributed by atoms with Crippen molar-refractivity contribution in [3.63, 3.8) is 0 Å². The summed E-state index contributed by atoms with van der Waals surface area (Å²) in [6.07, 6.45) is 11.0. The van der Waals surface area contributed by atoms with Crippen LogP contribution in [0.1, 0.15) is 0 Å². The molecule has 0 spiro atoms.